The lowest BCUT2D eigenvalue weighted by Crippen LogP contribution is -2.23. The summed E-state index contributed by atoms with van der Waals surface area (Å²) in [6, 6.07) is 0.297. The maximum atomic E-state index is 5.96. The summed E-state index contributed by atoms with van der Waals surface area (Å²) in [6.07, 6.45) is 2.39. The SMILES string of the molecule is CCCOc1ncnc(NC(C)C(C)C)c1N. The van der Waals surface area contributed by atoms with E-state index in [1.165, 1.54) is 6.33 Å². The minimum atomic E-state index is 0.297. The molecule has 0 bridgehead atoms. The topological polar surface area (TPSA) is 73.1 Å². The summed E-state index contributed by atoms with van der Waals surface area (Å²) in [4.78, 5) is 8.17. The second-order valence-electron chi connectivity index (χ2n) is 4.47. The number of aromatic nitrogens is 2. The fourth-order valence-corrected chi connectivity index (χ4v) is 1.19. The Morgan fingerprint density at radius 1 is 1.35 bits per heavy atom. The van der Waals surface area contributed by atoms with Gasteiger partial charge in [0, 0.05) is 6.04 Å². The van der Waals surface area contributed by atoms with Crippen molar-refractivity contribution in [2.75, 3.05) is 17.7 Å². The van der Waals surface area contributed by atoms with E-state index in [-0.39, 0.29) is 0 Å². The molecular weight excluding hydrogens is 216 g/mol. The molecule has 5 nitrogen and oxygen atoms in total. The van der Waals surface area contributed by atoms with Gasteiger partial charge in [-0.05, 0) is 19.3 Å². The summed E-state index contributed by atoms with van der Waals surface area (Å²) >= 11 is 0. The van der Waals surface area contributed by atoms with Crippen molar-refractivity contribution in [2.45, 2.75) is 40.2 Å². The van der Waals surface area contributed by atoms with Gasteiger partial charge < -0.3 is 15.8 Å². The first-order valence-corrected chi connectivity index (χ1v) is 6.06. The van der Waals surface area contributed by atoms with Crippen LogP contribution in [0, 0.1) is 5.92 Å². The van der Waals surface area contributed by atoms with E-state index < -0.39 is 0 Å². The molecular formula is C12H22N4O. The molecule has 0 fully saturated rings. The normalized spacial score (nSPS) is 12.5. The molecule has 0 saturated heterocycles. The van der Waals surface area contributed by atoms with E-state index in [2.05, 4.69) is 36.1 Å². The van der Waals surface area contributed by atoms with Gasteiger partial charge in [-0.3, -0.25) is 0 Å². The number of nitrogens with two attached hydrogens (primary N) is 1. The van der Waals surface area contributed by atoms with Gasteiger partial charge in [0.2, 0.25) is 5.88 Å². The molecule has 96 valence electrons. The number of nitrogen functional groups attached to an aromatic ring is 1. The summed E-state index contributed by atoms with van der Waals surface area (Å²) < 4.78 is 5.45. The molecule has 1 heterocycles. The predicted octanol–water partition coefficient (Wildman–Crippen LogP) is 2.30. The third-order valence-corrected chi connectivity index (χ3v) is 2.65. The Bertz CT molecular complexity index is 354. The number of ether oxygens (including phenoxy) is 1. The number of nitrogens with zero attached hydrogens (tertiary/aromatic N) is 2. The largest absolute Gasteiger partial charge is 0.476 e. The van der Waals surface area contributed by atoms with Crippen LogP contribution in [0.2, 0.25) is 0 Å². The monoisotopic (exact) mass is 238 g/mol. The first kappa shape index (κ1) is 13.5. The van der Waals surface area contributed by atoms with Gasteiger partial charge in [-0.1, -0.05) is 20.8 Å². The number of hydrogen-bond donors (Lipinski definition) is 2. The lowest BCUT2D eigenvalue weighted by Gasteiger charge is -2.19. The van der Waals surface area contributed by atoms with Crippen LogP contribution in [0.1, 0.15) is 34.1 Å². The summed E-state index contributed by atoms with van der Waals surface area (Å²) in [7, 11) is 0. The Morgan fingerprint density at radius 2 is 2.06 bits per heavy atom. The maximum Gasteiger partial charge on any atom is 0.242 e. The van der Waals surface area contributed by atoms with Crippen molar-refractivity contribution in [3.8, 4) is 5.88 Å². The Kier molecular flexibility index (Phi) is 5.00. The molecule has 0 aromatic carbocycles. The molecule has 0 amide bonds. The Labute approximate surface area is 103 Å². The molecule has 3 N–H and O–H groups in total. The van der Waals surface area contributed by atoms with E-state index in [0.29, 0.717) is 36.0 Å². The predicted molar refractivity (Wildman–Crippen MR) is 70.2 cm³/mol. The van der Waals surface area contributed by atoms with E-state index >= 15 is 0 Å². The van der Waals surface area contributed by atoms with E-state index in [1.54, 1.807) is 0 Å². The summed E-state index contributed by atoms with van der Waals surface area (Å²) in [5, 5.41) is 3.27. The molecule has 5 heteroatoms. The molecule has 17 heavy (non-hydrogen) atoms. The molecule has 0 radical (unpaired) electrons. The van der Waals surface area contributed by atoms with Crippen molar-refractivity contribution in [1.82, 2.24) is 9.97 Å². The fourth-order valence-electron chi connectivity index (χ4n) is 1.19. The molecule has 0 aliphatic rings. The van der Waals surface area contributed by atoms with Crippen LogP contribution in [0.25, 0.3) is 0 Å². The van der Waals surface area contributed by atoms with E-state index in [9.17, 15) is 0 Å². The van der Waals surface area contributed by atoms with Crippen molar-refractivity contribution in [3.63, 3.8) is 0 Å². The number of nitrogens with one attached hydrogen (secondary N) is 1. The van der Waals surface area contributed by atoms with Crippen LogP contribution >= 0.6 is 0 Å². The maximum absolute atomic E-state index is 5.96. The minimum absolute atomic E-state index is 0.297. The van der Waals surface area contributed by atoms with Crippen LogP contribution in [0.15, 0.2) is 6.33 Å². The number of hydrogen-bond acceptors (Lipinski definition) is 5. The lowest BCUT2D eigenvalue weighted by atomic mass is 10.1. The van der Waals surface area contributed by atoms with Crippen LogP contribution < -0.4 is 15.8 Å². The zero-order valence-electron chi connectivity index (χ0n) is 11.0. The van der Waals surface area contributed by atoms with Crippen molar-refractivity contribution < 1.29 is 4.74 Å². The number of rotatable bonds is 6. The first-order chi connectivity index (χ1) is 8.06. The second-order valence-corrected chi connectivity index (χ2v) is 4.47. The lowest BCUT2D eigenvalue weighted by molar-refractivity contribution is 0.306. The fraction of sp³-hybridized carbons (Fsp3) is 0.667. The summed E-state index contributed by atoms with van der Waals surface area (Å²) in [5.41, 5.74) is 6.44. The summed E-state index contributed by atoms with van der Waals surface area (Å²) in [6.45, 7) is 9.03. The van der Waals surface area contributed by atoms with E-state index in [4.69, 9.17) is 10.5 Å². The van der Waals surface area contributed by atoms with Crippen molar-refractivity contribution >= 4 is 11.5 Å². The van der Waals surface area contributed by atoms with Gasteiger partial charge in [0.25, 0.3) is 0 Å². The summed E-state index contributed by atoms with van der Waals surface area (Å²) in [5.74, 6) is 1.61. The molecule has 1 rings (SSSR count). The highest BCUT2D eigenvalue weighted by atomic mass is 16.5. The van der Waals surface area contributed by atoms with Crippen LogP contribution in [0.5, 0.6) is 5.88 Å². The number of anilines is 2. The first-order valence-electron chi connectivity index (χ1n) is 6.06. The van der Waals surface area contributed by atoms with Gasteiger partial charge >= 0.3 is 0 Å². The van der Waals surface area contributed by atoms with Gasteiger partial charge in [-0.2, -0.15) is 4.98 Å². The van der Waals surface area contributed by atoms with Gasteiger partial charge in [0.15, 0.2) is 5.82 Å². The van der Waals surface area contributed by atoms with Gasteiger partial charge in [0.1, 0.15) is 12.0 Å². The van der Waals surface area contributed by atoms with Gasteiger partial charge in [-0.25, -0.2) is 4.98 Å². The molecule has 1 atom stereocenters. The molecule has 0 aliphatic carbocycles. The highest BCUT2D eigenvalue weighted by Gasteiger charge is 2.13. The van der Waals surface area contributed by atoms with Crippen molar-refractivity contribution in [1.29, 1.82) is 0 Å². The average Bonchev–Trinajstić information content (AvgIpc) is 2.30. The van der Waals surface area contributed by atoms with Crippen LogP contribution in [-0.2, 0) is 0 Å². The smallest absolute Gasteiger partial charge is 0.242 e. The molecule has 0 aliphatic heterocycles. The zero-order chi connectivity index (χ0) is 12.8. The quantitative estimate of drug-likeness (QED) is 0.795. The van der Waals surface area contributed by atoms with Crippen molar-refractivity contribution in [2.24, 2.45) is 5.92 Å². The van der Waals surface area contributed by atoms with Crippen LogP contribution in [0.3, 0.4) is 0 Å². The molecule has 1 unspecified atom stereocenters. The molecule has 1 aromatic rings. The Balaban J connectivity index is 2.79. The van der Waals surface area contributed by atoms with E-state index in [0.717, 1.165) is 6.42 Å². The van der Waals surface area contributed by atoms with E-state index in [1.807, 2.05) is 6.92 Å². The van der Waals surface area contributed by atoms with Crippen LogP contribution in [0.4, 0.5) is 11.5 Å². The molecule has 1 aromatic heterocycles. The van der Waals surface area contributed by atoms with Crippen LogP contribution in [-0.4, -0.2) is 22.6 Å². The Hall–Kier alpha value is -1.52. The highest BCUT2D eigenvalue weighted by molar-refractivity contribution is 5.66. The standard InChI is InChI=1S/C12H22N4O/c1-5-6-17-12-10(13)11(14-7-15-12)16-9(4)8(2)3/h7-9H,5-6,13H2,1-4H3,(H,14,15,16). The molecule has 0 saturated carbocycles. The van der Waals surface area contributed by atoms with Crippen molar-refractivity contribution in [3.05, 3.63) is 6.33 Å². The van der Waals surface area contributed by atoms with Gasteiger partial charge in [0.05, 0.1) is 6.61 Å². The van der Waals surface area contributed by atoms with Gasteiger partial charge in [-0.15, -0.1) is 0 Å². The minimum Gasteiger partial charge on any atom is -0.476 e. The molecule has 0 spiro atoms. The average molecular weight is 238 g/mol. The zero-order valence-corrected chi connectivity index (χ0v) is 11.0. The third-order valence-electron chi connectivity index (χ3n) is 2.65. The Morgan fingerprint density at radius 3 is 2.65 bits per heavy atom. The second kappa shape index (κ2) is 6.27. The third kappa shape index (κ3) is 3.76. The highest BCUT2D eigenvalue weighted by Crippen LogP contribution is 2.25.